The quantitative estimate of drug-likeness (QED) is 0.611. The largest absolute Gasteiger partial charge is 0.353 e. The number of anilines is 1. The van der Waals surface area contributed by atoms with E-state index in [4.69, 9.17) is 0 Å². The molecule has 0 aliphatic carbocycles. The van der Waals surface area contributed by atoms with Gasteiger partial charge in [0.15, 0.2) is 0 Å². The van der Waals surface area contributed by atoms with Crippen LogP contribution in [0.3, 0.4) is 0 Å². The fraction of sp³-hybridized carbons (Fsp3) is 0.450. The van der Waals surface area contributed by atoms with Gasteiger partial charge in [0.25, 0.3) is 10.0 Å². The second kappa shape index (κ2) is 9.90. The topological polar surface area (TPSA) is 75.3 Å². The molecule has 148 valence electrons. The van der Waals surface area contributed by atoms with Gasteiger partial charge in [0.05, 0.1) is 6.42 Å². The molecule has 5 nitrogen and oxygen atoms in total. The van der Waals surface area contributed by atoms with Crippen molar-refractivity contribution in [3.05, 3.63) is 47.3 Å². The summed E-state index contributed by atoms with van der Waals surface area (Å²) in [5.41, 5.74) is 1.33. The van der Waals surface area contributed by atoms with Crippen LogP contribution in [-0.4, -0.2) is 20.4 Å². The third kappa shape index (κ3) is 7.34. The van der Waals surface area contributed by atoms with Gasteiger partial charge in [0.2, 0.25) is 5.91 Å². The van der Waals surface area contributed by atoms with E-state index in [1.807, 2.05) is 6.92 Å². The van der Waals surface area contributed by atoms with Gasteiger partial charge in [0.1, 0.15) is 4.21 Å². The Morgan fingerprint density at radius 2 is 1.78 bits per heavy atom. The second-order valence-corrected chi connectivity index (χ2v) is 10.1. The van der Waals surface area contributed by atoms with Crippen LogP contribution >= 0.6 is 11.3 Å². The first-order valence-corrected chi connectivity index (χ1v) is 11.6. The molecule has 2 rings (SSSR count). The Labute approximate surface area is 166 Å². The van der Waals surface area contributed by atoms with Crippen molar-refractivity contribution in [3.8, 4) is 0 Å². The van der Waals surface area contributed by atoms with E-state index in [1.165, 1.54) is 17.8 Å². The monoisotopic (exact) mass is 408 g/mol. The highest BCUT2D eigenvalue weighted by Crippen LogP contribution is 2.20. The van der Waals surface area contributed by atoms with E-state index < -0.39 is 10.0 Å². The van der Waals surface area contributed by atoms with Gasteiger partial charge in [-0.3, -0.25) is 9.52 Å². The number of hydrogen-bond donors (Lipinski definition) is 2. The Balaban J connectivity index is 1.83. The van der Waals surface area contributed by atoms with E-state index in [0.717, 1.165) is 18.4 Å². The Bertz CT molecular complexity index is 813. The third-order valence-corrected chi connectivity index (χ3v) is 6.94. The average molecular weight is 409 g/mol. The minimum Gasteiger partial charge on any atom is -0.353 e. The Morgan fingerprint density at radius 3 is 2.37 bits per heavy atom. The number of nitrogens with one attached hydrogen (secondary N) is 2. The van der Waals surface area contributed by atoms with Gasteiger partial charge >= 0.3 is 0 Å². The van der Waals surface area contributed by atoms with Gasteiger partial charge in [-0.15, -0.1) is 11.3 Å². The van der Waals surface area contributed by atoms with Crippen molar-refractivity contribution in [2.24, 2.45) is 5.92 Å². The number of hydrogen-bond acceptors (Lipinski definition) is 4. The van der Waals surface area contributed by atoms with Crippen molar-refractivity contribution in [2.45, 2.75) is 56.7 Å². The maximum atomic E-state index is 12.2. The summed E-state index contributed by atoms with van der Waals surface area (Å²) in [5.74, 6) is 0.669. The molecular formula is C20H28N2O3S2. The van der Waals surface area contributed by atoms with Crippen molar-refractivity contribution in [1.82, 2.24) is 5.32 Å². The number of rotatable bonds is 10. The molecule has 0 saturated heterocycles. The molecule has 0 bridgehead atoms. The zero-order valence-corrected chi connectivity index (χ0v) is 17.7. The minimum atomic E-state index is -3.55. The Hall–Kier alpha value is -1.86. The van der Waals surface area contributed by atoms with Crippen LogP contribution in [0, 0.1) is 5.92 Å². The van der Waals surface area contributed by atoms with E-state index >= 15 is 0 Å². The zero-order chi connectivity index (χ0) is 19.9. The van der Waals surface area contributed by atoms with E-state index in [0.29, 0.717) is 11.6 Å². The number of amides is 1. The lowest BCUT2D eigenvalue weighted by molar-refractivity contribution is -0.121. The standard InChI is InChI=1S/C20H28N2O3S2/c1-15(2)6-4-7-16(3)21-19(23)14-17-9-11-18(12-10-17)22-27(24,25)20-8-5-13-26-20/h5,8-13,15-16,22H,4,6-7,14H2,1-3H3,(H,21,23). The molecule has 0 aliphatic rings. The summed E-state index contributed by atoms with van der Waals surface area (Å²) in [7, 11) is -3.55. The molecule has 1 heterocycles. The number of thiophene rings is 1. The number of sulfonamides is 1. The highest BCUT2D eigenvalue weighted by Gasteiger charge is 2.15. The summed E-state index contributed by atoms with van der Waals surface area (Å²) in [6.45, 7) is 6.43. The van der Waals surface area contributed by atoms with Gasteiger partial charge in [0, 0.05) is 11.7 Å². The first-order valence-electron chi connectivity index (χ1n) is 9.21. The minimum absolute atomic E-state index is 0.0148. The summed E-state index contributed by atoms with van der Waals surface area (Å²) in [6, 6.07) is 10.3. The molecule has 1 amide bonds. The van der Waals surface area contributed by atoms with Crippen molar-refractivity contribution < 1.29 is 13.2 Å². The lowest BCUT2D eigenvalue weighted by Crippen LogP contribution is -2.33. The van der Waals surface area contributed by atoms with Crippen molar-refractivity contribution in [3.63, 3.8) is 0 Å². The Kier molecular flexibility index (Phi) is 7.86. The molecule has 27 heavy (non-hydrogen) atoms. The van der Waals surface area contributed by atoms with E-state index in [1.54, 1.807) is 41.8 Å². The second-order valence-electron chi connectivity index (χ2n) is 7.20. The predicted molar refractivity (Wildman–Crippen MR) is 112 cm³/mol. The highest BCUT2D eigenvalue weighted by atomic mass is 32.2. The average Bonchev–Trinajstić information content (AvgIpc) is 3.11. The van der Waals surface area contributed by atoms with Crippen molar-refractivity contribution in [1.29, 1.82) is 0 Å². The first kappa shape index (κ1) is 21.4. The first-order chi connectivity index (χ1) is 12.8. The van der Waals surface area contributed by atoms with Crippen LogP contribution in [-0.2, 0) is 21.2 Å². The molecule has 2 aromatic rings. The van der Waals surface area contributed by atoms with Gasteiger partial charge in [-0.25, -0.2) is 8.42 Å². The van der Waals surface area contributed by atoms with E-state index in [-0.39, 0.29) is 22.6 Å². The normalized spacial score (nSPS) is 12.7. The van der Waals surface area contributed by atoms with E-state index in [9.17, 15) is 13.2 Å². The molecule has 0 saturated carbocycles. The molecule has 1 atom stereocenters. The van der Waals surface area contributed by atoms with Gasteiger partial charge in [-0.05, 0) is 48.4 Å². The van der Waals surface area contributed by atoms with Crippen molar-refractivity contribution >= 4 is 33.0 Å². The molecule has 1 aromatic carbocycles. The van der Waals surface area contributed by atoms with Gasteiger partial charge in [-0.1, -0.05) is 44.9 Å². The Morgan fingerprint density at radius 1 is 1.07 bits per heavy atom. The molecule has 0 spiro atoms. The van der Waals surface area contributed by atoms with Gasteiger partial charge in [-0.2, -0.15) is 0 Å². The maximum absolute atomic E-state index is 12.2. The maximum Gasteiger partial charge on any atom is 0.271 e. The van der Waals surface area contributed by atoms with Crippen molar-refractivity contribution in [2.75, 3.05) is 4.72 Å². The third-order valence-electron chi connectivity index (χ3n) is 4.16. The number of benzene rings is 1. The molecule has 7 heteroatoms. The fourth-order valence-corrected chi connectivity index (χ4v) is 4.78. The highest BCUT2D eigenvalue weighted by molar-refractivity contribution is 7.94. The SMILES string of the molecule is CC(C)CCCC(C)NC(=O)Cc1ccc(NS(=O)(=O)c2cccs2)cc1. The van der Waals surface area contributed by atoms with Crippen LogP contribution in [0.4, 0.5) is 5.69 Å². The molecule has 0 aliphatic heterocycles. The molecule has 2 N–H and O–H groups in total. The fourth-order valence-electron chi connectivity index (χ4n) is 2.73. The number of carbonyl (C=O) groups is 1. The molecule has 1 unspecified atom stereocenters. The summed E-state index contributed by atoms with van der Waals surface area (Å²) in [4.78, 5) is 12.2. The summed E-state index contributed by atoms with van der Waals surface area (Å²) in [6.07, 6.45) is 3.54. The lowest BCUT2D eigenvalue weighted by atomic mass is 10.0. The van der Waals surface area contributed by atoms with Crippen LogP contribution in [0.2, 0.25) is 0 Å². The predicted octanol–water partition coefficient (Wildman–Crippen LogP) is 4.42. The van der Waals surface area contributed by atoms with Crippen LogP contribution in [0.15, 0.2) is 46.0 Å². The summed E-state index contributed by atoms with van der Waals surface area (Å²) in [5, 5.41) is 4.75. The van der Waals surface area contributed by atoms with Crippen LogP contribution in [0.1, 0.15) is 45.6 Å². The summed E-state index contributed by atoms with van der Waals surface area (Å²) >= 11 is 1.17. The molecular weight excluding hydrogens is 380 g/mol. The molecule has 0 radical (unpaired) electrons. The van der Waals surface area contributed by atoms with Crippen LogP contribution < -0.4 is 10.0 Å². The summed E-state index contributed by atoms with van der Waals surface area (Å²) < 4.78 is 27.2. The van der Waals surface area contributed by atoms with Gasteiger partial charge < -0.3 is 5.32 Å². The number of carbonyl (C=O) groups excluding carboxylic acids is 1. The molecule has 0 fully saturated rings. The smallest absolute Gasteiger partial charge is 0.271 e. The zero-order valence-electron chi connectivity index (χ0n) is 16.1. The van der Waals surface area contributed by atoms with Crippen LogP contribution in [0.5, 0.6) is 0 Å². The van der Waals surface area contributed by atoms with E-state index in [2.05, 4.69) is 23.9 Å². The van der Waals surface area contributed by atoms with Crippen LogP contribution in [0.25, 0.3) is 0 Å². The molecule has 1 aromatic heterocycles. The lowest BCUT2D eigenvalue weighted by Gasteiger charge is -2.14.